The number of benzene rings is 1. The predicted octanol–water partition coefficient (Wildman–Crippen LogP) is 3.15. The highest BCUT2D eigenvalue weighted by molar-refractivity contribution is 7.17. The van der Waals surface area contributed by atoms with E-state index in [1.165, 1.54) is 15.8 Å². The fraction of sp³-hybridized carbons (Fsp3) is 0.350. The first-order chi connectivity index (χ1) is 13.3. The number of thiophene rings is 1. The monoisotopic (exact) mass is 379 g/mol. The van der Waals surface area contributed by atoms with Crippen molar-refractivity contribution in [1.29, 1.82) is 5.26 Å². The molecule has 0 amide bonds. The van der Waals surface area contributed by atoms with Gasteiger partial charge in [-0.15, -0.1) is 11.3 Å². The predicted molar refractivity (Wildman–Crippen MR) is 107 cm³/mol. The molecular formula is C20H21N5OS. The van der Waals surface area contributed by atoms with E-state index in [0.29, 0.717) is 12.5 Å². The Hall–Kier alpha value is -2.69. The zero-order valence-corrected chi connectivity index (χ0v) is 15.9. The molecule has 1 saturated heterocycles. The van der Waals surface area contributed by atoms with Crippen LogP contribution in [0.5, 0.6) is 5.88 Å². The van der Waals surface area contributed by atoms with Crippen molar-refractivity contribution in [2.45, 2.75) is 6.42 Å². The van der Waals surface area contributed by atoms with Gasteiger partial charge in [0.25, 0.3) is 0 Å². The average Bonchev–Trinajstić information content (AvgIpc) is 3.21. The van der Waals surface area contributed by atoms with Gasteiger partial charge in [-0.05, 0) is 30.0 Å². The lowest BCUT2D eigenvalue weighted by Gasteiger charge is -2.36. The van der Waals surface area contributed by atoms with Crippen LogP contribution in [-0.4, -0.2) is 54.2 Å². The molecule has 6 nitrogen and oxygen atoms in total. The first-order valence-corrected chi connectivity index (χ1v) is 10.0. The molecule has 1 aliphatic rings. The number of anilines is 1. The van der Waals surface area contributed by atoms with E-state index in [4.69, 9.17) is 10.00 Å². The third-order valence-corrected chi connectivity index (χ3v) is 5.67. The summed E-state index contributed by atoms with van der Waals surface area (Å²) in [6, 6.07) is 12.4. The van der Waals surface area contributed by atoms with Crippen molar-refractivity contribution in [3.05, 3.63) is 47.7 Å². The molecule has 0 bridgehead atoms. The van der Waals surface area contributed by atoms with Crippen LogP contribution in [0.1, 0.15) is 12.2 Å². The lowest BCUT2D eigenvalue weighted by molar-refractivity contribution is 0.222. The highest BCUT2D eigenvalue weighted by Gasteiger charge is 2.18. The third-order valence-electron chi connectivity index (χ3n) is 4.78. The fourth-order valence-corrected chi connectivity index (χ4v) is 4.21. The van der Waals surface area contributed by atoms with Gasteiger partial charge >= 0.3 is 0 Å². The molecule has 0 unspecified atom stereocenters. The van der Waals surface area contributed by atoms with E-state index in [-0.39, 0.29) is 5.82 Å². The zero-order valence-electron chi connectivity index (χ0n) is 15.0. The Morgan fingerprint density at radius 1 is 1.15 bits per heavy atom. The SMILES string of the molecule is N#Cc1nccc(OCCCN2CCN(c3cccc4sccc34)CC2)n1. The van der Waals surface area contributed by atoms with Gasteiger partial charge in [-0.1, -0.05) is 6.07 Å². The second-order valence-electron chi connectivity index (χ2n) is 6.47. The van der Waals surface area contributed by atoms with Crippen molar-refractivity contribution in [2.24, 2.45) is 0 Å². The van der Waals surface area contributed by atoms with Gasteiger partial charge in [-0.25, -0.2) is 4.98 Å². The zero-order chi connectivity index (χ0) is 18.5. The lowest BCUT2D eigenvalue weighted by Crippen LogP contribution is -2.46. The summed E-state index contributed by atoms with van der Waals surface area (Å²) in [6.07, 6.45) is 2.49. The maximum absolute atomic E-state index is 8.81. The molecule has 1 aliphatic heterocycles. The summed E-state index contributed by atoms with van der Waals surface area (Å²) >= 11 is 1.80. The van der Waals surface area contributed by atoms with Gasteiger partial charge < -0.3 is 9.64 Å². The maximum atomic E-state index is 8.81. The highest BCUT2D eigenvalue weighted by Crippen LogP contribution is 2.31. The Morgan fingerprint density at radius 3 is 2.89 bits per heavy atom. The molecule has 0 aliphatic carbocycles. The minimum atomic E-state index is 0.143. The van der Waals surface area contributed by atoms with Gasteiger partial charge in [-0.3, -0.25) is 4.90 Å². The van der Waals surface area contributed by atoms with Gasteiger partial charge in [0.1, 0.15) is 6.07 Å². The number of nitriles is 1. The number of rotatable bonds is 6. The lowest BCUT2D eigenvalue weighted by atomic mass is 10.2. The summed E-state index contributed by atoms with van der Waals surface area (Å²) < 4.78 is 6.99. The fourth-order valence-electron chi connectivity index (χ4n) is 3.41. The molecule has 4 rings (SSSR count). The molecule has 2 aromatic heterocycles. The summed E-state index contributed by atoms with van der Waals surface area (Å²) in [7, 11) is 0. The molecule has 7 heteroatoms. The van der Waals surface area contributed by atoms with Crippen molar-refractivity contribution < 1.29 is 4.74 Å². The van der Waals surface area contributed by atoms with Crippen LogP contribution in [0.2, 0.25) is 0 Å². The molecule has 0 N–H and O–H groups in total. The standard InChI is InChI=1S/C20H21N5OS/c21-15-19-22-7-5-20(23-19)26-13-2-8-24-9-11-25(12-10-24)17-3-1-4-18-16(17)6-14-27-18/h1,3-7,14H,2,8-13H2. The van der Waals surface area contributed by atoms with E-state index >= 15 is 0 Å². The van der Waals surface area contributed by atoms with E-state index < -0.39 is 0 Å². The quantitative estimate of drug-likeness (QED) is 0.613. The third kappa shape index (κ3) is 4.18. The maximum Gasteiger partial charge on any atom is 0.235 e. The number of hydrogen-bond donors (Lipinski definition) is 0. The first-order valence-electron chi connectivity index (χ1n) is 9.13. The Morgan fingerprint density at radius 2 is 2.04 bits per heavy atom. The Labute approximate surface area is 162 Å². The molecule has 138 valence electrons. The van der Waals surface area contributed by atoms with E-state index in [1.807, 2.05) is 6.07 Å². The van der Waals surface area contributed by atoms with Crippen LogP contribution in [0.4, 0.5) is 5.69 Å². The van der Waals surface area contributed by atoms with Gasteiger partial charge in [0.2, 0.25) is 11.7 Å². The van der Waals surface area contributed by atoms with Crippen LogP contribution < -0.4 is 9.64 Å². The minimum Gasteiger partial charge on any atom is -0.478 e. The van der Waals surface area contributed by atoms with Crippen molar-refractivity contribution in [3.8, 4) is 11.9 Å². The smallest absolute Gasteiger partial charge is 0.235 e. The van der Waals surface area contributed by atoms with E-state index in [0.717, 1.165) is 39.1 Å². The minimum absolute atomic E-state index is 0.143. The number of hydrogen-bond acceptors (Lipinski definition) is 7. The summed E-state index contributed by atoms with van der Waals surface area (Å²) in [4.78, 5) is 12.8. The summed E-state index contributed by atoms with van der Waals surface area (Å²) in [5.41, 5.74) is 1.36. The highest BCUT2D eigenvalue weighted by atomic mass is 32.1. The second kappa shape index (κ2) is 8.33. The van der Waals surface area contributed by atoms with Crippen molar-refractivity contribution in [1.82, 2.24) is 14.9 Å². The molecular weight excluding hydrogens is 358 g/mol. The second-order valence-corrected chi connectivity index (χ2v) is 7.42. The number of piperazine rings is 1. The Balaban J connectivity index is 1.23. The number of fused-ring (bicyclic) bond motifs is 1. The molecule has 27 heavy (non-hydrogen) atoms. The van der Waals surface area contributed by atoms with Crippen LogP contribution in [0.3, 0.4) is 0 Å². The topological polar surface area (TPSA) is 65.3 Å². The molecule has 1 aromatic carbocycles. The molecule has 3 aromatic rings. The van der Waals surface area contributed by atoms with Crippen LogP contribution in [0.15, 0.2) is 41.9 Å². The van der Waals surface area contributed by atoms with Gasteiger partial charge in [-0.2, -0.15) is 10.2 Å². The normalized spacial score (nSPS) is 15.0. The molecule has 1 fully saturated rings. The van der Waals surface area contributed by atoms with Crippen LogP contribution in [0.25, 0.3) is 10.1 Å². The summed E-state index contributed by atoms with van der Waals surface area (Å²) in [5.74, 6) is 0.611. The van der Waals surface area contributed by atoms with Gasteiger partial charge in [0.15, 0.2) is 0 Å². The summed E-state index contributed by atoms with van der Waals surface area (Å²) in [6.45, 7) is 5.82. The van der Waals surface area contributed by atoms with Gasteiger partial charge in [0.05, 0.1) is 6.61 Å². The van der Waals surface area contributed by atoms with Crippen LogP contribution >= 0.6 is 11.3 Å². The number of aromatic nitrogens is 2. The molecule has 0 spiro atoms. The number of nitrogens with zero attached hydrogens (tertiary/aromatic N) is 5. The van der Waals surface area contributed by atoms with Crippen molar-refractivity contribution in [2.75, 3.05) is 44.2 Å². The molecule has 3 heterocycles. The average molecular weight is 379 g/mol. The molecule has 0 atom stereocenters. The largest absolute Gasteiger partial charge is 0.478 e. The Kier molecular flexibility index (Phi) is 5.47. The summed E-state index contributed by atoms with van der Waals surface area (Å²) in [5, 5.41) is 12.3. The van der Waals surface area contributed by atoms with Crippen LogP contribution in [-0.2, 0) is 0 Å². The van der Waals surface area contributed by atoms with Gasteiger partial charge in [0, 0.05) is 60.8 Å². The van der Waals surface area contributed by atoms with Crippen molar-refractivity contribution >= 4 is 27.1 Å². The molecule has 0 radical (unpaired) electrons. The number of ether oxygens (including phenoxy) is 1. The Bertz CT molecular complexity index is 943. The van der Waals surface area contributed by atoms with Crippen LogP contribution in [0, 0.1) is 11.3 Å². The van der Waals surface area contributed by atoms with Crippen molar-refractivity contribution in [3.63, 3.8) is 0 Å². The van der Waals surface area contributed by atoms with E-state index in [9.17, 15) is 0 Å². The van der Waals surface area contributed by atoms with E-state index in [2.05, 4.69) is 49.4 Å². The molecule has 0 saturated carbocycles. The first kappa shape index (κ1) is 17.7. The van der Waals surface area contributed by atoms with E-state index in [1.54, 1.807) is 23.6 Å².